The van der Waals surface area contributed by atoms with Gasteiger partial charge in [0.25, 0.3) is 0 Å². The molecule has 1 aromatic heterocycles. The number of carbonyl (C=O) groups excluding carboxylic acids is 1. The third-order valence-corrected chi connectivity index (χ3v) is 3.00. The number of rotatable bonds is 4. The largest absolute Gasteiger partial charge is 0.478 e. The van der Waals surface area contributed by atoms with Crippen LogP contribution in [0.3, 0.4) is 0 Å². The van der Waals surface area contributed by atoms with Crippen molar-refractivity contribution in [1.82, 2.24) is 14.8 Å². The van der Waals surface area contributed by atoms with Crippen LogP contribution in [0.2, 0.25) is 5.02 Å². The van der Waals surface area contributed by atoms with E-state index >= 15 is 0 Å². The molecule has 7 nitrogen and oxygen atoms in total. The van der Waals surface area contributed by atoms with E-state index < -0.39 is 12.0 Å². The summed E-state index contributed by atoms with van der Waals surface area (Å²) in [6, 6.07) is 3.52. The molecule has 0 saturated heterocycles. The molecule has 0 aliphatic rings. The summed E-state index contributed by atoms with van der Waals surface area (Å²) < 4.78 is 1.40. The molecule has 1 amide bonds. The Bertz CT molecular complexity index is 642. The summed E-state index contributed by atoms with van der Waals surface area (Å²) in [6.45, 7) is 1.66. The summed E-state index contributed by atoms with van der Waals surface area (Å²) in [5.41, 5.74) is 0.394. The maximum Gasteiger partial charge on any atom is 0.335 e. The Labute approximate surface area is 119 Å². The Morgan fingerprint density at radius 1 is 1.45 bits per heavy atom. The van der Waals surface area contributed by atoms with Crippen LogP contribution >= 0.6 is 11.6 Å². The first-order valence-corrected chi connectivity index (χ1v) is 6.04. The molecular formula is C12H11ClN4O3. The first-order chi connectivity index (χ1) is 9.49. The smallest absolute Gasteiger partial charge is 0.335 e. The first kappa shape index (κ1) is 14.0. The highest BCUT2D eigenvalue weighted by Crippen LogP contribution is 2.24. The van der Waals surface area contributed by atoms with Gasteiger partial charge in [-0.1, -0.05) is 11.6 Å². The second-order valence-electron chi connectivity index (χ2n) is 4.04. The molecule has 20 heavy (non-hydrogen) atoms. The van der Waals surface area contributed by atoms with E-state index in [9.17, 15) is 9.59 Å². The average molecular weight is 295 g/mol. The van der Waals surface area contributed by atoms with Crippen molar-refractivity contribution in [2.45, 2.75) is 13.0 Å². The highest BCUT2D eigenvalue weighted by Gasteiger charge is 2.17. The number of carboxylic acids is 1. The van der Waals surface area contributed by atoms with E-state index in [1.165, 1.54) is 35.5 Å². The van der Waals surface area contributed by atoms with Gasteiger partial charge < -0.3 is 10.4 Å². The van der Waals surface area contributed by atoms with E-state index in [0.29, 0.717) is 5.69 Å². The third-order valence-electron chi connectivity index (χ3n) is 2.69. The molecule has 1 atom stereocenters. The normalized spacial score (nSPS) is 11.9. The Balaban J connectivity index is 2.14. The van der Waals surface area contributed by atoms with Gasteiger partial charge in [-0.3, -0.25) is 4.79 Å². The minimum absolute atomic E-state index is 0.0531. The highest BCUT2D eigenvalue weighted by molar-refractivity contribution is 6.34. The Morgan fingerprint density at radius 2 is 2.20 bits per heavy atom. The molecule has 1 aromatic carbocycles. The highest BCUT2D eigenvalue weighted by atomic mass is 35.5. The van der Waals surface area contributed by atoms with Gasteiger partial charge in [-0.15, -0.1) is 0 Å². The fourth-order valence-electron chi connectivity index (χ4n) is 1.52. The zero-order valence-electron chi connectivity index (χ0n) is 10.4. The molecular weight excluding hydrogens is 284 g/mol. The fraction of sp³-hybridized carbons (Fsp3) is 0.167. The van der Waals surface area contributed by atoms with Crippen LogP contribution in [0.15, 0.2) is 30.9 Å². The first-order valence-electron chi connectivity index (χ1n) is 5.67. The molecule has 0 bridgehead atoms. The van der Waals surface area contributed by atoms with Crippen molar-refractivity contribution >= 4 is 29.2 Å². The number of carbonyl (C=O) groups is 2. The Hall–Kier alpha value is -2.41. The fourth-order valence-corrected chi connectivity index (χ4v) is 1.75. The molecule has 0 saturated carbocycles. The van der Waals surface area contributed by atoms with Crippen LogP contribution < -0.4 is 5.32 Å². The van der Waals surface area contributed by atoms with E-state index in [0.717, 1.165) is 0 Å². The van der Waals surface area contributed by atoms with Crippen LogP contribution in [-0.2, 0) is 4.79 Å². The predicted octanol–water partition coefficient (Wildman–Crippen LogP) is 1.83. The molecule has 0 radical (unpaired) electrons. The third kappa shape index (κ3) is 2.94. The lowest BCUT2D eigenvalue weighted by Crippen LogP contribution is -2.24. The molecule has 2 aromatic rings. The van der Waals surface area contributed by atoms with Crippen molar-refractivity contribution < 1.29 is 14.7 Å². The maximum absolute atomic E-state index is 12.0. The van der Waals surface area contributed by atoms with Gasteiger partial charge >= 0.3 is 5.97 Å². The van der Waals surface area contributed by atoms with Crippen LogP contribution in [0.4, 0.5) is 5.69 Å². The van der Waals surface area contributed by atoms with Crippen molar-refractivity contribution in [2.75, 3.05) is 5.32 Å². The van der Waals surface area contributed by atoms with Gasteiger partial charge in [-0.25, -0.2) is 14.5 Å². The van der Waals surface area contributed by atoms with Gasteiger partial charge in [0.1, 0.15) is 18.7 Å². The van der Waals surface area contributed by atoms with E-state index in [4.69, 9.17) is 16.7 Å². The van der Waals surface area contributed by atoms with Crippen LogP contribution in [0.5, 0.6) is 0 Å². The number of hydrogen-bond acceptors (Lipinski definition) is 4. The molecule has 2 rings (SSSR count). The van der Waals surface area contributed by atoms with Gasteiger partial charge in [0.2, 0.25) is 5.91 Å². The van der Waals surface area contributed by atoms with Crippen LogP contribution in [0.25, 0.3) is 0 Å². The Morgan fingerprint density at radius 3 is 2.75 bits per heavy atom. The molecule has 1 heterocycles. The van der Waals surface area contributed by atoms with Gasteiger partial charge in [0, 0.05) is 0 Å². The average Bonchev–Trinajstić information content (AvgIpc) is 2.93. The maximum atomic E-state index is 12.0. The number of hydrogen-bond donors (Lipinski definition) is 2. The molecule has 0 aliphatic heterocycles. The van der Waals surface area contributed by atoms with E-state index in [2.05, 4.69) is 15.4 Å². The molecule has 1 unspecified atom stereocenters. The molecule has 0 spiro atoms. The summed E-state index contributed by atoms with van der Waals surface area (Å²) in [6.07, 6.45) is 2.76. The number of nitrogens with zero attached hydrogens (tertiary/aromatic N) is 3. The van der Waals surface area contributed by atoms with E-state index in [1.54, 1.807) is 6.92 Å². The molecule has 0 fully saturated rings. The minimum atomic E-state index is -1.08. The van der Waals surface area contributed by atoms with Gasteiger partial charge in [-0.2, -0.15) is 5.10 Å². The topological polar surface area (TPSA) is 97.1 Å². The predicted molar refractivity (Wildman–Crippen MR) is 71.8 cm³/mol. The Kier molecular flexibility index (Phi) is 3.99. The lowest BCUT2D eigenvalue weighted by atomic mass is 10.2. The number of aromatic nitrogens is 3. The summed E-state index contributed by atoms with van der Waals surface area (Å²) in [7, 11) is 0. The number of benzene rings is 1. The zero-order valence-corrected chi connectivity index (χ0v) is 11.2. The van der Waals surface area contributed by atoms with Crippen molar-refractivity contribution in [3.05, 3.63) is 41.4 Å². The SMILES string of the molecule is CC(C(=O)Nc1ccc(C(=O)O)cc1Cl)n1cncn1. The standard InChI is InChI=1S/C12H11ClN4O3/c1-7(17-6-14-5-15-17)11(18)16-10-3-2-8(12(19)20)4-9(10)13/h2-7H,1H3,(H,16,18)(H,19,20). The number of halogens is 1. The van der Waals surface area contributed by atoms with Gasteiger partial charge in [0.05, 0.1) is 16.3 Å². The van der Waals surface area contributed by atoms with Gasteiger partial charge in [-0.05, 0) is 25.1 Å². The number of nitrogens with one attached hydrogen (secondary N) is 1. The number of carboxylic acid groups (broad SMARTS) is 1. The van der Waals surface area contributed by atoms with Crippen molar-refractivity contribution in [3.8, 4) is 0 Å². The van der Waals surface area contributed by atoms with Gasteiger partial charge in [0.15, 0.2) is 0 Å². The summed E-state index contributed by atoms with van der Waals surface area (Å²) in [5.74, 6) is -1.42. The van der Waals surface area contributed by atoms with Crippen molar-refractivity contribution in [1.29, 1.82) is 0 Å². The molecule has 104 valence electrons. The number of amides is 1. The monoisotopic (exact) mass is 294 g/mol. The van der Waals surface area contributed by atoms with Crippen molar-refractivity contribution in [2.24, 2.45) is 0 Å². The number of anilines is 1. The van der Waals surface area contributed by atoms with E-state index in [-0.39, 0.29) is 16.5 Å². The summed E-state index contributed by atoms with van der Waals surface area (Å²) in [5, 5.41) is 15.5. The molecule has 2 N–H and O–H groups in total. The summed E-state index contributed by atoms with van der Waals surface area (Å²) in [4.78, 5) is 26.6. The number of aromatic carboxylic acids is 1. The van der Waals surface area contributed by atoms with Crippen LogP contribution in [0.1, 0.15) is 23.3 Å². The summed E-state index contributed by atoms with van der Waals surface area (Å²) >= 11 is 5.93. The molecule has 8 heteroatoms. The molecule has 0 aliphatic carbocycles. The van der Waals surface area contributed by atoms with E-state index in [1.807, 2.05) is 0 Å². The quantitative estimate of drug-likeness (QED) is 0.896. The van der Waals surface area contributed by atoms with Crippen LogP contribution in [-0.4, -0.2) is 31.7 Å². The lowest BCUT2D eigenvalue weighted by Gasteiger charge is -2.13. The van der Waals surface area contributed by atoms with Crippen molar-refractivity contribution in [3.63, 3.8) is 0 Å². The van der Waals surface area contributed by atoms with Crippen LogP contribution in [0, 0.1) is 0 Å². The second-order valence-corrected chi connectivity index (χ2v) is 4.45. The minimum Gasteiger partial charge on any atom is -0.478 e. The second kappa shape index (κ2) is 5.70. The zero-order chi connectivity index (χ0) is 14.7. The lowest BCUT2D eigenvalue weighted by molar-refractivity contribution is -0.119.